The van der Waals surface area contributed by atoms with E-state index in [1.54, 1.807) is 24.5 Å². The summed E-state index contributed by atoms with van der Waals surface area (Å²) in [5.74, 6) is 0.223. The standard InChI is InChI=1S/C12H9ClN2O3S2/c1-15-7-14-9-6-8(2-3-10(9)15)18-20(16,17)12-5-4-11(13)19-12/h2-7H,1H3. The van der Waals surface area contributed by atoms with E-state index in [9.17, 15) is 8.42 Å². The van der Waals surface area contributed by atoms with Crippen LogP contribution in [0.2, 0.25) is 4.34 Å². The van der Waals surface area contributed by atoms with Crippen LogP contribution in [0.4, 0.5) is 0 Å². The van der Waals surface area contributed by atoms with Crippen molar-refractivity contribution in [2.75, 3.05) is 0 Å². The third kappa shape index (κ3) is 2.39. The number of hydrogen-bond donors (Lipinski definition) is 0. The van der Waals surface area contributed by atoms with Crippen molar-refractivity contribution in [2.24, 2.45) is 7.05 Å². The molecule has 0 amide bonds. The van der Waals surface area contributed by atoms with Crippen molar-refractivity contribution in [1.29, 1.82) is 0 Å². The van der Waals surface area contributed by atoms with Crippen molar-refractivity contribution in [3.8, 4) is 5.75 Å². The first-order valence-corrected chi connectivity index (χ1v) is 8.17. The summed E-state index contributed by atoms with van der Waals surface area (Å²) in [7, 11) is -1.99. The van der Waals surface area contributed by atoms with Gasteiger partial charge in [-0.15, -0.1) is 11.3 Å². The van der Waals surface area contributed by atoms with E-state index < -0.39 is 10.1 Å². The molecule has 0 aliphatic heterocycles. The quantitative estimate of drug-likeness (QED) is 0.693. The molecule has 20 heavy (non-hydrogen) atoms. The maximum atomic E-state index is 12.1. The maximum absolute atomic E-state index is 12.1. The summed E-state index contributed by atoms with van der Waals surface area (Å²) in [6.45, 7) is 0. The van der Waals surface area contributed by atoms with Gasteiger partial charge in [0.25, 0.3) is 0 Å². The molecular formula is C12H9ClN2O3S2. The molecule has 2 aromatic heterocycles. The van der Waals surface area contributed by atoms with Gasteiger partial charge in [0.15, 0.2) is 4.21 Å². The largest absolute Gasteiger partial charge is 0.378 e. The molecule has 0 aliphatic carbocycles. The second-order valence-electron chi connectivity index (χ2n) is 4.10. The molecule has 0 fully saturated rings. The Balaban J connectivity index is 1.96. The maximum Gasteiger partial charge on any atom is 0.348 e. The van der Waals surface area contributed by atoms with Crippen LogP contribution in [0.15, 0.2) is 40.9 Å². The van der Waals surface area contributed by atoms with Crippen molar-refractivity contribution in [2.45, 2.75) is 4.21 Å². The van der Waals surface area contributed by atoms with Crippen LogP contribution in [-0.4, -0.2) is 18.0 Å². The van der Waals surface area contributed by atoms with E-state index >= 15 is 0 Å². The van der Waals surface area contributed by atoms with Crippen LogP contribution in [0, 0.1) is 0 Å². The Hall–Kier alpha value is -1.57. The van der Waals surface area contributed by atoms with Gasteiger partial charge in [-0.3, -0.25) is 0 Å². The molecule has 0 saturated carbocycles. The summed E-state index contributed by atoms with van der Waals surface area (Å²) in [4.78, 5) is 4.16. The van der Waals surface area contributed by atoms with E-state index in [1.807, 2.05) is 11.6 Å². The third-order valence-electron chi connectivity index (χ3n) is 2.70. The van der Waals surface area contributed by atoms with E-state index in [0.717, 1.165) is 16.9 Å². The van der Waals surface area contributed by atoms with Crippen molar-refractivity contribution in [1.82, 2.24) is 9.55 Å². The molecule has 104 valence electrons. The van der Waals surface area contributed by atoms with Crippen molar-refractivity contribution in [3.63, 3.8) is 0 Å². The Bertz CT molecular complexity index is 883. The zero-order valence-corrected chi connectivity index (χ0v) is 12.7. The highest BCUT2D eigenvalue weighted by Gasteiger charge is 2.19. The summed E-state index contributed by atoms with van der Waals surface area (Å²) in [5, 5.41) is 0. The highest BCUT2D eigenvalue weighted by atomic mass is 35.5. The number of thiophene rings is 1. The molecule has 0 unspecified atom stereocenters. The van der Waals surface area contributed by atoms with Crippen molar-refractivity contribution in [3.05, 3.63) is 41.0 Å². The molecule has 3 rings (SSSR count). The third-order valence-corrected chi connectivity index (χ3v) is 5.63. The van der Waals surface area contributed by atoms with Crippen LogP contribution in [0.25, 0.3) is 11.0 Å². The lowest BCUT2D eigenvalue weighted by molar-refractivity contribution is 0.488. The van der Waals surface area contributed by atoms with Crippen LogP contribution in [0.5, 0.6) is 5.75 Å². The summed E-state index contributed by atoms with van der Waals surface area (Å²) in [5.41, 5.74) is 1.57. The molecule has 3 aromatic rings. The average Bonchev–Trinajstić information content (AvgIpc) is 2.96. The van der Waals surface area contributed by atoms with Gasteiger partial charge >= 0.3 is 10.1 Å². The first kappa shape index (κ1) is 13.4. The SMILES string of the molecule is Cn1cnc2cc(OS(=O)(=O)c3ccc(Cl)s3)ccc21. The van der Waals surface area contributed by atoms with Crippen LogP contribution in [0.1, 0.15) is 0 Å². The smallest absolute Gasteiger partial charge is 0.348 e. The lowest BCUT2D eigenvalue weighted by atomic mass is 10.3. The molecule has 0 atom stereocenters. The molecule has 8 heteroatoms. The van der Waals surface area contributed by atoms with E-state index in [0.29, 0.717) is 9.85 Å². The average molecular weight is 329 g/mol. The number of nitrogens with zero attached hydrogens (tertiary/aromatic N) is 2. The monoisotopic (exact) mass is 328 g/mol. The minimum Gasteiger partial charge on any atom is -0.378 e. The first-order chi connectivity index (χ1) is 9.45. The van der Waals surface area contributed by atoms with Crippen LogP contribution >= 0.6 is 22.9 Å². The van der Waals surface area contributed by atoms with Gasteiger partial charge in [-0.2, -0.15) is 8.42 Å². The molecule has 0 bridgehead atoms. The second-order valence-corrected chi connectivity index (χ2v) is 7.59. The minimum absolute atomic E-state index is 0.0728. The Morgan fingerprint density at radius 3 is 2.80 bits per heavy atom. The molecule has 2 heterocycles. The normalized spacial score (nSPS) is 11.9. The molecule has 0 spiro atoms. The van der Waals surface area contributed by atoms with Gasteiger partial charge in [-0.05, 0) is 24.3 Å². The Morgan fingerprint density at radius 1 is 1.30 bits per heavy atom. The van der Waals surface area contributed by atoms with Gasteiger partial charge in [0, 0.05) is 13.1 Å². The molecule has 5 nitrogen and oxygen atoms in total. The highest BCUT2D eigenvalue weighted by molar-refractivity contribution is 7.89. The first-order valence-electron chi connectivity index (χ1n) is 5.57. The zero-order chi connectivity index (χ0) is 14.3. The summed E-state index contributed by atoms with van der Waals surface area (Å²) < 4.78 is 31.5. The van der Waals surface area contributed by atoms with Crippen LogP contribution in [-0.2, 0) is 17.2 Å². The number of aryl methyl sites for hydroxylation is 1. The van der Waals surface area contributed by atoms with Gasteiger partial charge in [-0.25, -0.2) is 4.98 Å². The zero-order valence-electron chi connectivity index (χ0n) is 10.3. The number of halogens is 1. The fourth-order valence-electron chi connectivity index (χ4n) is 1.77. The molecule has 1 aromatic carbocycles. The Kier molecular flexibility index (Phi) is 3.19. The number of aromatic nitrogens is 2. The fourth-order valence-corrected chi connectivity index (χ4v) is 4.14. The van der Waals surface area contributed by atoms with Gasteiger partial charge in [0.1, 0.15) is 5.75 Å². The number of benzene rings is 1. The van der Waals surface area contributed by atoms with E-state index in [4.69, 9.17) is 15.8 Å². The Labute approximate surface area is 124 Å². The topological polar surface area (TPSA) is 61.2 Å². The van der Waals surface area contributed by atoms with Crippen LogP contribution in [0.3, 0.4) is 0 Å². The van der Waals surface area contributed by atoms with Gasteiger partial charge in [-0.1, -0.05) is 11.6 Å². The molecule has 0 aliphatic rings. The van der Waals surface area contributed by atoms with Crippen LogP contribution < -0.4 is 4.18 Å². The molecule has 0 radical (unpaired) electrons. The highest BCUT2D eigenvalue weighted by Crippen LogP contribution is 2.29. The summed E-state index contributed by atoms with van der Waals surface area (Å²) >= 11 is 6.69. The summed E-state index contributed by atoms with van der Waals surface area (Å²) in [6, 6.07) is 7.87. The predicted octanol–water partition coefficient (Wildman–Crippen LogP) is 3.06. The van der Waals surface area contributed by atoms with Gasteiger partial charge in [0.05, 0.1) is 21.7 Å². The molecular weight excluding hydrogens is 320 g/mol. The Morgan fingerprint density at radius 2 is 2.10 bits per heavy atom. The molecule has 0 N–H and O–H groups in total. The lowest BCUT2D eigenvalue weighted by Crippen LogP contribution is -2.07. The molecule has 0 saturated heterocycles. The predicted molar refractivity (Wildman–Crippen MR) is 77.9 cm³/mol. The van der Waals surface area contributed by atoms with Crippen molar-refractivity contribution < 1.29 is 12.6 Å². The lowest BCUT2D eigenvalue weighted by Gasteiger charge is -2.05. The number of hydrogen-bond acceptors (Lipinski definition) is 5. The minimum atomic E-state index is -3.85. The number of rotatable bonds is 3. The number of imidazole rings is 1. The second kappa shape index (κ2) is 4.76. The fraction of sp³-hybridized carbons (Fsp3) is 0.0833. The van der Waals surface area contributed by atoms with Gasteiger partial charge < -0.3 is 8.75 Å². The van der Waals surface area contributed by atoms with E-state index in [1.165, 1.54) is 12.1 Å². The van der Waals surface area contributed by atoms with Crippen molar-refractivity contribution >= 4 is 44.1 Å². The van der Waals surface area contributed by atoms with Gasteiger partial charge in [0.2, 0.25) is 0 Å². The van der Waals surface area contributed by atoms with E-state index in [-0.39, 0.29) is 9.96 Å². The number of fused-ring (bicyclic) bond motifs is 1. The van der Waals surface area contributed by atoms with E-state index in [2.05, 4.69) is 4.98 Å². The summed E-state index contributed by atoms with van der Waals surface area (Å²) in [6.07, 6.45) is 1.65.